The predicted molar refractivity (Wildman–Crippen MR) is 133 cm³/mol. The highest BCUT2D eigenvalue weighted by Crippen LogP contribution is 2.30. The van der Waals surface area contributed by atoms with Crippen molar-refractivity contribution in [3.8, 4) is 11.5 Å². The third-order valence-corrected chi connectivity index (χ3v) is 7.22. The molecule has 3 heterocycles. The zero-order chi connectivity index (χ0) is 24.9. The van der Waals surface area contributed by atoms with Gasteiger partial charge in [-0.25, -0.2) is 0 Å². The number of rotatable bonds is 1. The van der Waals surface area contributed by atoms with Gasteiger partial charge in [0.2, 0.25) is 17.7 Å². The largest absolute Gasteiger partial charge is 0.457 e. The lowest BCUT2D eigenvalue weighted by molar-refractivity contribution is -0.137. The van der Waals surface area contributed by atoms with Crippen molar-refractivity contribution in [3.05, 3.63) is 59.7 Å². The number of carbonyl (C=O) groups excluding carboxylic acids is 3. The van der Waals surface area contributed by atoms with Gasteiger partial charge >= 0.3 is 0 Å². The quantitative estimate of drug-likeness (QED) is 0.640. The fourth-order valence-corrected chi connectivity index (χ4v) is 4.88. The lowest BCUT2D eigenvalue weighted by atomic mass is 9.84. The monoisotopic (exact) mass is 491 g/mol. The SMILES string of the molecule is O=C1CCc2ccc(cc2)Oc2cccc(c2)CO[C@H]2CN(C(=O)C3CCC3)C[C@@H]2NC(=O)CCN1. The van der Waals surface area contributed by atoms with Crippen molar-refractivity contribution >= 4 is 17.7 Å². The minimum absolute atomic E-state index is 0.0892. The van der Waals surface area contributed by atoms with Gasteiger partial charge in [-0.15, -0.1) is 0 Å². The van der Waals surface area contributed by atoms with Crippen LogP contribution in [-0.2, 0) is 32.1 Å². The second-order valence-electron chi connectivity index (χ2n) is 9.89. The maximum Gasteiger partial charge on any atom is 0.225 e. The lowest BCUT2D eigenvalue weighted by Gasteiger charge is -2.29. The Morgan fingerprint density at radius 2 is 1.72 bits per heavy atom. The van der Waals surface area contributed by atoms with Crippen molar-refractivity contribution in [2.75, 3.05) is 19.6 Å². The first-order valence-corrected chi connectivity index (χ1v) is 12.9. The summed E-state index contributed by atoms with van der Waals surface area (Å²) in [6, 6.07) is 15.2. The van der Waals surface area contributed by atoms with Crippen LogP contribution in [0.5, 0.6) is 11.5 Å². The number of amides is 3. The van der Waals surface area contributed by atoms with Crippen LogP contribution in [0.25, 0.3) is 0 Å². The van der Waals surface area contributed by atoms with E-state index < -0.39 is 0 Å². The number of benzene rings is 2. The van der Waals surface area contributed by atoms with E-state index in [2.05, 4.69) is 10.6 Å². The molecule has 0 radical (unpaired) electrons. The molecule has 190 valence electrons. The Balaban J connectivity index is 1.32. The molecular weight excluding hydrogens is 458 g/mol. The summed E-state index contributed by atoms with van der Waals surface area (Å²) in [4.78, 5) is 39.6. The van der Waals surface area contributed by atoms with E-state index in [9.17, 15) is 14.4 Å². The Morgan fingerprint density at radius 1 is 0.889 bits per heavy atom. The van der Waals surface area contributed by atoms with Crippen LogP contribution in [-0.4, -0.2) is 54.4 Å². The van der Waals surface area contributed by atoms with Crippen molar-refractivity contribution in [3.63, 3.8) is 0 Å². The smallest absolute Gasteiger partial charge is 0.225 e. The fourth-order valence-electron chi connectivity index (χ4n) is 4.88. The average Bonchev–Trinajstić information content (AvgIpc) is 3.23. The van der Waals surface area contributed by atoms with Gasteiger partial charge in [0.1, 0.15) is 11.5 Å². The van der Waals surface area contributed by atoms with Gasteiger partial charge in [0.05, 0.1) is 18.8 Å². The first-order chi connectivity index (χ1) is 17.5. The number of hydrogen-bond acceptors (Lipinski definition) is 5. The second kappa shape index (κ2) is 11.1. The fraction of sp³-hybridized carbons (Fsp3) is 0.464. The van der Waals surface area contributed by atoms with Crippen LogP contribution in [0.2, 0.25) is 0 Å². The molecule has 8 nitrogen and oxygen atoms in total. The first-order valence-electron chi connectivity index (χ1n) is 12.9. The number of nitrogens with one attached hydrogen (secondary N) is 2. The highest BCUT2D eigenvalue weighted by molar-refractivity contribution is 5.81. The summed E-state index contributed by atoms with van der Waals surface area (Å²) in [5, 5.41) is 5.87. The lowest BCUT2D eigenvalue weighted by Crippen LogP contribution is -2.45. The third kappa shape index (κ3) is 6.05. The number of fused-ring (bicyclic) bond motifs is 10. The molecule has 0 aromatic heterocycles. The number of likely N-dealkylation sites (tertiary alicyclic amines) is 1. The highest BCUT2D eigenvalue weighted by Gasteiger charge is 2.40. The zero-order valence-corrected chi connectivity index (χ0v) is 20.4. The van der Waals surface area contributed by atoms with Gasteiger partial charge in [0.15, 0.2) is 0 Å². The molecular formula is C28H33N3O5. The van der Waals surface area contributed by atoms with Gasteiger partial charge in [0, 0.05) is 38.4 Å². The van der Waals surface area contributed by atoms with Crippen LogP contribution in [0.4, 0.5) is 0 Å². The summed E-state index contributed by atoms with van der Waals surface area (Å²) in [5.74, 6) is 1.43. The van der Waals surface area contributed by atoms with E-state index in [0.717, 1.165) is 36.1 Å². The molecule has 2 N–H and O–H groups in total. The van der Waals surface area contributed by atoms with Crippen molar-refractivity contribution in [2.45, 2.75) is 57.3 Å². The van der Waals surface area contributed by atoms with Crippen LogP contribution >= 0.6 is 0 Å². The maximum atomic E-state index is 12.9. The Morgan fingerprint density at radius 3 is 2.50 bits per heavy atom. The molecule has 3 aliphatic heterocycles. The zero-order valence-electron chi connectivity index (χ0n) is 20.4. The minimum Gasteiger partial charge on any atom is -0.457 e. The summed E-state index contributed by atoms with van der Waals surface area (Å²) >= 11 is 0. The Labute approximate surface area is 211 Å². The Kier molecular flexibility index (Phi) is 7.51. The Hall–Kier alpha value is -3.39. The summed E-state index contributed by atoms with van der Waals surface area (Å²) in [7, 11) is 0. The van der Waals surface area contributed by atoms with Crippen molar-refractivity contribution < 1.29 is 23.9 Å². The number of nitrogens with zero attached hydrogens (tertiary/aromatic N) is 1. The maximum absolute atomic E-state index is 12.9. The first kappa shape index (κ1) is 24.3. The molecule has 4 aliphatic rings. The number of aryl methyl sites for hydroxylation is 1. The minimum atomic E-state index is -0.310. The van der Waals surface area contributed by atoms with Crippen molar-refractivity contribution in [1.82, 2.24) is 15.5 Å². The van der Waals surface area contributed by atoms with Gasteiger partial charge in [0.25, 0.3) is 0 Å². The molecule has 8 heteroatoms. The predicted octanol–water partition coefficient (Wildman–Crippen LogP) is 2.94. The van der Waals surface area contributed by atoms with Crippen molar-refractivity contribution in [2.24, 2.45) is 5.92 Å². The summed E-state index contributed by atoms with van der Waals surface area (Å²) in [5.41, 5.74) is 2.00. The molecule has 1 saturated heterocycles. The molecule has 2 atom stereocenters. The van der Waals surface area contributed by atoms with E-state index in [4.69, 9.17) is 9.47 Å². The van der Waals surface area contributed by atoms with Gasteiger partial charge in [-0.1, -0.05) is 30.7 Å². The van der Waals surface area contributed by atoms with Crippen LogP contribution < -0.4 is 15.4 Å². The molecule has 0 spiro atoms. The summed E-state index contributed by atoms with van der Waals surface area (Å²) < 4.78 is 12.3. The van der Waals surface area contributed by atoms with Crippen molar-refractivity contribution in [1.29, 1.82) is 0 Å². The molecule has 0 unspecified atom stereocenters. The topological polar surface area (TPSA) is 97.0 Å². The van der Waals surface area contributed by atoms with Gasteiger partial charge in [-0.3, -0.25) is 14.4 Å². The van der Waals surface area contributed by atoms with Crippen LogP contribution in [0.3, 0.4) is 0 Å². The summed E-state index contributed by atoms with van der Waals surface area (Å²) in [6.45, 7) is 1.51. The van der Waals surface area contributed by atoms with E-state index >= 15 is 0 Å². The van der Waals surface area contributed by atoms with E-state index in [1.54, 1.807) is 0 Å². The average molecular weight is 492 g/mol. The van der Waals surface area contributed by atoms with Crippen LogP contribution in [0.15, 0.2) is 48.5 Å². The number of ether oxygens (including phenoxy) is 2. The molecule has 2 aromatic carbocycles. The standard InChI is InChI=1S/C28H33N3O5/c32-26-12-9-19-7-10-22(11-8-19)36-23-6-1-3-20(15-23)18-35-25-17-31(28(34)21-4-2-5-21)16-24(25)30-27(33)13-14-29-26/h1,3,6-8,10-11,15,21,24-25H,2,4-5,9,12-14,16-18H2,(H,29,32)(H,30,33)/t24-,25-/m0/s1. The Bertz CT molecular complexity index is 1100. The van der Waals surface area contributed by atoms with Crippen LogP contribution in [0.1, 0.15) is 43.2 Å². The van der Waals surface area contributed by atoms with E-state index in [-0.39, 0.29) is 48.8 Å². The normalized spacial score (nSPS) is 23.6. The van der Waals surface area contributed by atoms with Crippen LogP contribution in [0, 0.1) is 5.92 Å². The molecule has 6 rings (SSSR count). The summed E-state index contributed by atoms with van der Waals surface area (Å²) in [6.07, 6.45) is 3.80. The molecule has 36 heavy (non-hydrogen) atoms. The second-order valence-corrected chi connectivity index (χ2v) is 9.89. The van der Waals surface area contributed by atoms with E-state index in [1.807, 2.05) is 53.4 Å². The molecule has 1 saturated carbocycles. The van der Waals surface area contributed by atoms with Gasteiger partial charge in [-0.2, -0.15) is 0 Å². The van der Waals surface area contributed by atoms with E-state index in [0.29, 0.717) is 38.3 Å². The van der Waals surface area contributed by atoms with Gasteiger partial charge in [-0.05, 0) is 54.7 Å². The van der Waals surface area contributed by atoms with Gasteiger partial charge < -0.3 is 25.0 Å². The molecule has 2 fully saturated rings. The molecule has 4 bridgehead atoms. The molecule has 3 amide bonds. The molecule has 2 aromatic rings. The van der Waals surface area contributed by atoms with E-state index in [1.165, 1.54) is 0 Å². The number of carbonyl (C=O) groups is 3. The third-order valence-electron chi connectivity index (χ3n) is 7.22. The number of hydrogen-bond donors (Lipinski definition) is 2. The highest BCUT2D eigenvalue weighted by atomic mass is 16.5. The molecule has 1 aliphatic carbocycles.